The van der Waals surface area contributed by atoms with E-state index in [0.717, 1.165) is 0 Å². The molecule has 13 heavy (non-hydrogen) atoms. The molecule has 2 nitrogen and oxygen atoms in total. The van der Waals surface area contributed by atoms with Crippen LogP contribution in [-0.4, -0.2) is 19.0 Å². The molecule has 0 saturated heterocycles. The Labute approximate surface area is 80.4 Å². The van der Waals surface area contributed by atoms with Gasteiger partial charge >= 0.3 is 0 Å². The molecule has 0 bridgehead atoms. The lowest BCUT2D eigenvalue weighted by Crippen LogP contribution is -2.28. The highest BCUT2D eigenvalue weighted by atomic mass is 15.2. The van der Waals surface area contributed by atoms with Crippen LogP contribution in [0.4, 0.5) is 0 Å². The molecule has 0 saturated carbocycles. The van der Waals surface area contributed by atoms with Crippen molar-refractivity contribution in [3.63, 3.8) is 0 Å². The number of benzene rings is 1. The summed E-state index contributed by atoms with van der Waals surface area (Å²) in [5.41, 5.74) is 9.77. The van der Waals surface area contributed by atoms with Crippen LogP contribution in [0.25, 0.3) is 0 Å². The second kappa shape index (κ2) is 3.90. The van der Waals surface area contributed by atoms with E-state index in [9.17, 15) is 0 Å². The highest BCUT2D eigenvalue weighted by Gasteiger charge is 2.09. The monoisotopic (exact) mass is 178 g/mol. The minimum absolute atomic E-state index is 0.000556. The largest absolute Gasteiger partial charge is 0.312 e. The molecule has 0 radical (unpaired) electrons. The summed E-state index contributed by atoms with van der Waals surface area (Å²) in [6.07, 6.45) is 0.000556. The molecule has 0 fully saturated rings. The zero-order valence-electron chi connectivity index (χ0n) is 8.83. The van der Waals surface area contributed by atoms with Gasteiger partial charge in [-0.3, -0.25) is 4.90 Å². The molecular weight excluding hydrogens is 160 g/mol. The Morgan fingerprint density at radius 2 is 1.85 bits per heavy atom. The Hall–Kier alpha value is -0.860. The van der Waals surface area contributed by atoms with Gasteiger partial charge in [-0.15, -0.1) is 0 Å². The number of nitrogens with zero attached hydrogens (tertiary/aromatic N) is 1. The van der Waals surface area contributed by atoms with E-state index < -0.39 is 0 Å². The lowest BCUT2D eigenvalue weighted by atomic mass is 10.0. The summed E-state index contributed by atoms with van der Waals surface area (Å²) in [4.78, 5) is 2.01. The molecule has 1 unspecified atom stereocenters. The fourth-order valence-corrected chi connectivity index (χ4v) is 1.44. The van der Waals surface area contributed by atoms with Crippen LogP contribution in [-0.2, 0) is 0 Å². The van der Waals surface area contributed by atoms with Gasteiger partial charge in [0.05, 0.1) is 6.17 Å². The third-order valence-electron chi connectivity index (χ3n) is 2.30. The maximum atomic E-state index is 6.01. The van der Waals surface area contributed by atoms with Gasteiger partial charge in [0.15, 0.2) is 0 Å². The second-order valence-electron chi connectivity index (χ2n) is 3.77. The summed E-state index contributed by atoms with van der Waals surface area (Å²) in [7, 11) is 3.98. The number of rotatable bonds is 2. The van der Waals surface area contributed by atoms with Crippen molar-refractivity contribution in [2.75, 3.05) is 14.1 Å². The van der Waals surface area contributed by atoms with Crippen molar-refractivity contribution in [3.05, 3.63) is 34.9 Å². The molecule has 0 spiro atoms. The minimum atomic E-state index is 0.000556. The molecule has 1 aromatic rings. The summed E-state index contributed by atoms with van der Waals surface area (Å²) in [6, 6.07) is 6.37. The molecule has 1 aromatic carbocycles. The van der Waals surface area contributed by atoms with E-state index in [1.165, 1.54) is 16.7 Å². The quantitative estimate of drug-likeness (QED) is 0.700. The Bertz CT molecular complexity index is 292. The van der Waals surface area contributed by atoms with Gasteiger partial charge in [0.2, 0.25) is 0 Å². The summed E-state index contributed by atoms with van der Waals surface area (Å²) in [5, 5.41) is 0. The Morgan fingerprint density at radius 1 is 1.23 bits per heavy atom. The van der Waals surface area contributed by atoms with Crippen LogP contribution < -0.4 is 5.73 Å². The molecule has 2 N–H and O–H groups in total. The van der Waals surface area contributed by atoms with Crippen LogP contribution in [0.2, 0.25) is 0 Å². The predicted molar refractivity (Wildman–Crippen MR) is 56.5 cm³/mol. The maximum Gasteiger partial charge on any atom is 0.0833 e. The number of hydrogen-bond donors (Lipinski definition) is 1. The van der Waals surface area contributed by atoms with Crippen molar-refractivity contribution in [1.82, 2.24) is 4.90 Å². The van der Waals surface area contributed by atoms with Gasteiger partial charge in [0, 0.05) is 0 Å². The number of aryl methyl sites for hydroxylation is 2. The normalized spacial score (nSPS) is 13.4. The molecule has 1 rings (SSSR count). The molecular formula is C11H18N2. The first-order valence-electron chi connectivity index (χ1n) is 4.51. The van der Waals surface area contributed by atoms with Crippen molar-refractivity contribution >= 4 is 0 Å². The fourth-order valence-electron chi connectivity index (χ4n) is 1.44. The number of hydrogen-bond acceptors (Lipinski definition) is 2. The van der Waals surface area contributed by atoms with Gasteiger partial charge in [-0.25, -0.2) is 0 Å². The van der Waals surface area contributed by atoms with E-state index in [2.05, 4.69) is 32.0 Å². The highest BCUT2D eigenvalue weighted by molar-refractivity contribution is 5.32. The third kappa shape index (κ3) is 2.29. The van der Waals surface area contributed by atoms with Crippen LogP contribution in [0.1, 0.15) is 22.9 Å². The van der Waals surface area contributed by atoms with E-state index in [1.54, 1.807) is 0 Å². The molecule has 0 aliphatic carbocycles. The average molecular weight is 178 g/mol. The lowest BCUT2D eigenvalue weighted by Gasteiger charge is -2.21. The van der Waals surface area contributed by atoms with E-state index in [4.69, 9.17) is 5.73 Å². The van der Waals surface area contributed by atoms with E-state index in [-0.39, 0.29) is 6.17 Å². The van der Waals surface area contributed by atoms with Crippen molar-refractivity contribution < 1.29 is 0 Å². The molecule has 0 heterocycles. The lowest BCUT2D eigenvalue weighted by molar-refractivity contribution is 0.306. The topological polar surface area (TPSA) is 29.3 Å². The smallest absolute Gasteiger partial charge is 0.0833 e. The second-order valence-corrected chi connectivity index (χ2v) is 3.77. The van der Waals surface area contributed by atoms with Crippen molar-refractivity contribution in [3.8, 4) is 0 Å². The first kappa shape index (κ1) is 10.2. The van der Waals surface area contributed by atoms with Crippen molar-refractivity contribution in [2.45, 2.75) is 20.0 Å². The van der Waals surface area contributed by atoms with E-state index >= 15 is 0 Å². The summed E-state index contributed by atoms with van der Waals surface area (Å²) in [6.45, 7) is 4.20. The van der Waals surface area contributed by atoms with Gasteiger partial charge in [0.25, 0.3) is 0 Å². The molecule has 2 heteroatoms. The Balaban J connectivity index is 3.01. The Kier molecular flexibility index (Phi) is 3.07. The van der Waals surface area contributed by atoms with Gasteiger partial charge in [-0.2, -0.15) is 0 Å². The summed E-state index contributed by atoms with van der Waals surface area (Å²) >= 11 is 0. The number of nitrogens with two attached hydrogens (primary N) is 1. The SMILES string of the molecule is Cc1ccc(C(N)N(C)C)c(C)c1. The molecule has 0 aromatic heterocycles. The van der Waals surface area contributed by atoms with Gasteiger partial charge in [-0.1, -0.05) is 23.8 Å². The fraction of sp³-hybridized carbons (Fsp3) is 0.455. The molecule has 0 aliphatic rings. The average Bonchev–Trinajstić information content (AvgIpc) is 2.03. The van der Waals surface area contributed by atoms with Crippen LogP contribution in [0.15, 0.2) is 18.2 Å². The first-order chi connectivity index (χ1) is 6.02. The van der Waals surface area contributed by atoms with E-state index in [1.807, 2.05) is 19.0 Å². The van der Waals surface area contributed by atoms with Gasteiger partial charge in [-0.05, 0) is 39.1 Å². The van der Waals surface area contributed by atoms with Gasteiger partial charge in [0.1, 0.15) is 0 Å². The molecule has 0 aliphatic heterocycles. The highest BCUT2D eigenvalue weighted by Crippen LogP contribution is 2.18. The van der Waals surface area contributed by atoms with Crippen LogP contribution in [0, 0.1) is 13.8 Å². The summed E-state index contributed by atoms with van der Waals surface area (Å²) < 4.78 is 0. The predicted octanol–water partition coefficient (Wildman–Crippen LogP) is 1.82. The van der Waals surface area contributed by atoms with Crippen LogP contribution in [0.5, 0.6) is 0 Å². The van der Waals surface area contributed by atoms with Crippen LogP contribution >= 0.6 is 0 Å². The van der Waals surface area contributed by atoms with Crippen LogP contribution in [0.3, 0.4) is 0 Å². The zero-order valence-corrected chi connectivity index (χ0v) is 8.83. The standard InChI is InChI=1S/C11H18N2/c1-8-5-6-10(9(2)7-8)11(12)13(3)4/h5-7,11H,12H2,1-4H3. The van der Waals surface area contributed by atoms with Gasteiger partial charge < -0.3 is 5.73 Å². The Morgan fingerprint density at radius 3 is 2.31 bits per heavy atom. The molecule has 0 amide bonds. The summed E-state index contributed by atoms with van der Waals surface area (Å²) in [5.74, 6) is 0. The first-order valence-corrected chi connectivity index (χ1v) is 4.51. The minimum Gasteiger partial charge on any atom is -0.312 e. The third-order valence-corrected chi connectivity index (χ3v) is 2.30. The van der Waals surface area contributed by atoms with Crippen molar-refractivity contribution in [2.24, 2.45) is 5.73 Å². The molecule has 72 valence electrons. The van der Waals surface area contributed by atoms with E-state index in [0.29, 0.717) is 0 Å². The maximum absolute atomic E-state index is 6.01. The molecule has 1 atom stereocenters. The van der Waals surface area contributed by atoms with Crippen molar-refractivity contribution in [1.29, 1.82) is 0 Å². The zero-order chi connectivity index (χ0) is 10.0.